The molecule has 0 bridgehead atoms. The van der Waals surface area contributed by atoms with Crippen LogP contribution in [-0.2, 0) is 59.2 Å². The second-order valence-electron chi connectivity index (χ2n) is 29.2. The fourth-order valence-electron chi connectivity index (χ4n) is 14.6. The number of allylic oxidation sites excluding steroid dienone is 6. The van der Waals surface area contributed by atoms with E-state index in [0.29, 0.717) is 44.0 Å². The van der Waals surface area contributed by atoms with Gasteiger partial charge in [-0.05, 0) is 248 Å². The Bertz CT molecular complexity index is 4920. The maximum Gasteiger partial charge on any atom is 1.00 e. The first kappa shape index (κ1) is 102. The van der Waals surface area contributed by atoms with E-state index in [4.69, 9.17) is 9.47 Å². The summed E-state index contributed by atoms with van der Waals surface area (Å²) in [4.78, 5) is 41.4. The Labute approximate surface area is 724 Å². The van der Waals surface area contributed by atoms with Crippen LogP contribution in [0.15, 0.2) is 182 Å². The number of fused-ring (bicyclic) bond motifs is 2. The SMILES string of the molecule is C=C(C)C(=O)OC1CCC([NH+]=C2C=CC(=C(c3ccc(N(CC)CC)cc3)c3ccc(N(CC)CC)cc3C)c3ccccc32)CC1.C=C(C)C(=O)OC1CCC([NH+]=C2C=CC(=C(c3ccc(N(CC)CC)cc3)c3ccc(N(CC)CC)cc3C)c3ccccc32)CC1.CS(=O)(=O)NS(=O)(=O)C(F)(F)F.CS(=O)(=O)NS(=O)(=O)C(F)(F)F.[Cl-].[Li+]. The minimum Gasteiger partial charge on any atom is -1.00 e. The van der Waals surface area contributed by atoms with Crippen LogP contribution in [0.4, 0.5) is 49.1 Å². The number of halogens is 7. The molecule has 2 fully saturated rings. The third kappa shape index (κ3) is 27.7. The van der Waals surface area contributed by atoms with Crippen molar-refractivity contribution in [3.8, 4) is 0 Å². The maximum absolute atomic E-state index is 12.0. The molecule has 0 amide bonds. The van der Waals surface area contributed by atoms with Crippen molar-refractivity contribution in [2.45, 2.75) is 170 Å². The molecule has 0 atom stereocenters. The van der Waals surface area contributed by atoms with Crippen LogP contribution in [0.1, 0.15) is 176 Å². The van der Waals surface area contributed by atoms with Crippen molar-refractivity contribution in [2.75, 3.05) is 84.5 Å². The Hall–Kier alpha value is -8.57. The van der Waals surface area contributed by atoms with Crippen molar-refractivity contribution in [1.82, 2.24) is 8.25 Å². The zero-order valence-corrected chi connectivity index (χ0v) is 75.0. The normalized spacial score (nSPS) is 18.0. The second-order valence-corrected chi connectivity index (χ2v) is 36.5. The molecule has 0 radical (unpaired) electrons. The first-order valence-corrected chi connectivity index (χ1v) is 46.3. The van der Waals surface area contributed by atoms with Gasteiger partial charge < -0.3 is 41.5 Å². The van der Waals surface area contributed by atoms with Crippen LogP contribution in [-0.4, -0.2) is 157 Å². The maximum atomic E-state index is 12.0. The minimum absolute atomic E-state index is 0. The Morgan fingerprint density at radius 3 is 0.933 bits per heavy atom. The zero-order valence-electron chi connectivity index (χ0n) is 71.0. The number of carbonyl (C=O) groups excluding carboxylic acids is 2. The van der Waals surface area contributed by atoms with Crippen LogP contribution in [0.25, 0.3) is 22.3 Å². The molecule has 20 nitrogen and oxygen atoms in total. The molecule has 4 aliphatic carbocycles. The van der Waals surface area contributed by atoms with Crippen LogP contribution in [0.5, 0.6) is 0 Å². The van der Waals surface area contributed by atoms with Crippen LogP contribution in [0.2, 0.25) is 0 Å². The Balaban J connectivity index is 0.000000331. The Morgan fingerprint density at radius 2 is 0.692 bits per heavy atom. The van der Waals surface area contributed by atoms with Crippen LogP contribution < -0.4 is 69.1 Å². The van der Waals surface area contributed by atoms with E-state index < -0.39 is 51.1 Å². The summed E-state index contributed by atoms with van der Waals surface area (Å²) in [7, 11) is -20.4. The van der Waals surface area contributed by atoms with E-state index in [1.54, 1.807) is 13.8 Å². The number of benzene rings is 6. The predicted octanol–water partition coefficient (Wildman–Crippen LogP) is 7.81. The molecule has 0 saturated heterocycles. The quantitative estimate of drug-likeness (QED) is 0.0175. The molecule has 6 aromatic rings. The average molecular weight is 1760 g/mol. The molecule has 2 saturated carbocycles. The molecule has 0 heterocycles. The topological polar surface area (TPSA) is 254 Å². The summed E-state index contributed by atoms with van der Waals surface area (Å²) in [5, 5.41) is 0. The van der Waals surface area contributed by atoms with Gasteiger partial charge in [-0.2, -0.15) is 26.3 Å². The van der Waals surface area contributed by atoms with Crippen LogP contribution in [0, 0.1) is 13.8 Å². The van der Waals surface area contributed by atoms with Gasteiger partial charge in [0.15, 0.2) is 12.1 Å². The standard InChI is InChI=1S/2C42H51N3O2.2C2H4F3NO4S2.ClH.Li/c2*1-8-44(9-2)33-20-16-31(17-21-33)41(36-25-22-34(28-30(36)7)45(10-3)11-4)39-26-27-40(38-15-13-12-14-37(38)39)43-32-18-23-35(24-19-32)47-42(46)29(5)6;2*1-11(7,8)6-12(9,10)2(3,4)5;;/h2*12-17,20-22,25-28,32,35H,5,8-11,18-19,23-24H2,1-4,6-7H3;2*6H,1H3;1H;/q;;;;;+1/p+1. The average Bonchev–Trinajstić information content (AvgIpc) is 0.762. The van der Waals surface area contributed by atoms with E-state index in [9.17, 15) is 69.6 Å². The van der Waals surface area contributed by atoms with Gasteiger partial charge in [0.2, 0.25) is 31.5 Å². The van der Waals surface area contributed by atoms with Gasteiger partial charge in [-0.3, -0.25) is 0 Å². The fourth-order valence-corrected chi connectivity index (χ4v) is 18.5. The summed E-state index contributed by atoms with van der Waals surface area (Å²) >= 11 is 0. The molecule has 4 aliphatic rings. The van der Waals surface area contributed by atoms with E-state index in [1.165, 1.54) is 101 Å². The molecule has 0 unspecified atom stereocenters. The van der Waals surface area contributed by atoms with Crippen molar-refractivity contribution in [1.29, 1.82) is 0 Å². The molecule has 0 aromatic heterocycles. The largest absolute Gasteiger partial charge is 1.00 e. The summed E-state index contributed by atoms with van der Waals surface area (Å²) < 4.78 is 162. The smallest absolute Gasteiger partial charge is 1.00 e. The van der Waals surface area contributed by atoms with Gasteiger partial charge in [-0.15, -0.1) is 8.25 Å². The van der Waals surface area contributed by atoms with E-state index in [-0.39, 0.29) is 55.4 Å². The molecule has 10 rings (SSSR count). The third-order valence-electron chi connectivity index (χ3n) is 20.6. The Morgan fingerprint density at radius 1 is 0.425 bits per heavy atom. The van der Waals surface area contributed by atoms with Gasteiger partial charge in [-0.25, -0.2) is 53.2 Å². The molecule has 648 valence electrons. The van der Waals surface area contributed by atoms with Gasteiger partial charge in [0.1, 0.15) is 12.2 Å². The molecule has 6 aromatic carbocycles. The monoisotopic (exact) mass is 1760 g/mol. The number of ether oxygens (including phenoxy) is 2. The predicted molar refractivity (Wildman–Crippen MR) is 462 cm³/mol. The van der Waals surface area contributed by atoms with Crippen LogP contribution in [0.3, 0.4) is 0 Å². The number of aryl methyl sites for hydroxylation is 2. The van der Waals surface area contributed by atoms with E-state index in [1.807, 2.05) is 0 Å². The van der Waals surface area contributed by atoms with E-state index in [0.717, 1.165) is 115 Å². The summed E-state index contributed by atoms with van der Waals surface area (Å²) in [6.07, 6.45) is 16.9. The molecular weight excluding hydrogens is 1650 g/mol. The van der Waals surface area contributed by atoms with Gasteiger partial charge >= 0.3 is 61.9 Å². The van der Waals surface area contributed by atoms with Crippen molar-refractivity contribution < 1.29 is 120 Å². The summed E-state index contributed by atoms with van der Waals surface area (Å²) in [5.74, 6) is -0.564. The summed E-state index contributed by atoms with van der Waals surface area (Å²) in [6, 6.07) is 50.3. The number of anilines is 4. The Kier molecular flexibility index (Phi) is 38.2. The van der Waals surface area contributed by atoms with Gasteiger partial charge in [0.05, 0.1) is 23.6 Å². The first-order chi connectivity index (χ1) is 55.5. The van der Waals surface area contributed by atoms with Crippen molar-refractivity contribution in [2.24, 2.45) is 0 Å². The van der Waals surface area contributed by atoms with Crippen molar-refractivity contribution >= 4 is 108 Å². The van der Waals surface area contributed by atoms with Gasteiger partial charge in [0.25, 0.3) is 0 Å². The number of sulfonamides is 4. The molecule has 0 spiro atoms. The molecule has 4 N–H and O–H groups in total. The molecule has 32 heteroatoms. The van der Waals surface area contributed by atoms with Gasteiger partial charge in [0, 0.05) is 124 Å². The number of hydrogen-bond donors (Lipinski definition) is 4. The number of hydrogen-bond acceptors (Lipinski definition) is 16. The number of nitrogens with one attached hydrogen (secondary N) is 4. The molecular formula is C88H112ClF6LiN8O12S4+2. The number of rotatable bonds is 26. The summed E-state index contributed by atoms with van der Waals surface area (Å²) in [5.41, 5.74) is 14.4. The third-order valence-corrected chi connectivity index (χ3v) is 26.0. The number of alkyl halides is 6. The second kappa shape index (κ2) is 45.0. The first-order valence-electron chi connectivity index (χ1n) is 39.5. The fraction of sp³-hybridized carbons (Fsp3) is 0.409. The van der Waals surface area contributed by atoms with Crippen molar-refractivity contribution in [3.05, 3.63) is 238 Å². The number of nitrogens with zero attached hydrogens (tertiary/aromatic N) is 4. The summed E-state index contributed by atoms with van der Waals surface area (Å²) in [6.45, 7) is 40.9. The van der Waals surface area contributed by atoms with Crippen molar-refractivity contribution in [3.63, 3.8) is 0 Å². The number of esters is 2. The van der Waals surface area contributed by atoms with E-state index >= 15 is 0 Å². The van der Waals surface area contributed by atoms with Gasteiger partial charge in [-0.1, -0.05) is 86.0 Å². The zero-order chi connectivity index (χ0) is 87.4. The minimum atomic E-state index is -5.79. The molecule has 120 heavy (non-hydrogen) atoms. The number of carbonyl (C=O) groups is 2. The molecule has 0 aliphatic heterocycles. The van der Waals surface area contributed by atoms with Crippen LogP contribution >= 0.6 is 0 Å². The van der Waals surface area contributed by atoms with E-state index in [2.05, 4.69) is 270 Å².